The normalized spacial score (nSPS) is 38.6. The minimum atomic E-state index is -1.83. The number of nitrogens with zero attached hydrogens (tertiary/aromatic N) is 1. The van der Waals surface area contributed by atoms with Crippen LogP contribution in [0.5, 0.6) is 0 Å². The Morgan fingerprint density at radius 3 is 1.72 bits per heavy atom. The molecule has 0 aromatic heterocycles. The number of rotatable bonds is 19. The molecule has 308 valence electrons. The van der Waals surface area contributed by atoms with Crippen molar-refractivity contribution in [3.05, 3.63) is 12.2 Å². The summed E-state index contributed by atoms with van der Waals surface area (Å²) in [6, 6.07) is 0. The van der Waals surface area contributed by atoms with E-state index in [-0.39, 0.29) is 48.7 Å². The molecule has 3 saturated heterocycles. The Balaban J connectivity index is 1.71. The number of ketones is 1. The first-order valence-electron chi connectivity index (χ1n) is 17.4. The summed E-state index contributed by atoms with van der Waals surface area (Å²) < 4.78 is 50.5. The van der Waals surface area contributed by atoms with E-state index in [4.69, 9.17) is 42.6 Å². The number of Topliss-reactive ketones (excluding diaryl/α,β-unsaturated/α-hetero) is 1. The zero-order valence-corrected chi connectivity index (χ0v) is 30.9. The molecule has 0 aliphatic carbocycles. The molecular weight excluding hydrogens is 714 g/mol. The van der Waals surface area contributed by atoms with Gasteiger partial charge in [-0.25, -0.2) is 4.79 Å². The second-order valence-corrected chi connectivity index (χ2v) is 14.2. The van der Waals surface area contributed by atoms with Crippen LogP contribution >= 0.6 is 0 Å². The molecule has 3 aliphatic heterocycles. The van der Waals surface area contributed by atoms with E-state index in [1.807, 2.05) is 0 Å². The standard InChI is InChI=1S/C33H58NO19/c1-8-46-32-28(47-11-17(36)10-34(5,6)9-16(4)35)25(41)22(38)20(51-32)14-49-33-29(53-30(44)15(2)3)26(42)23(39)19(52-33)13-48-31-27(43)24(40)21(37)18(50-31)12-45-7/h17-29,31-33,36-43H,2,8-14H2,1,3-7H3/q+1/t17?,18?,19?,20?,21-,22-,23-,24-,25-,26-,27?,28?,29?,31+,32+,33+/m1/s1. The molecule has 0 amide bonds. The molecule has 0 bridgehead atoms. The van der Waals surface area contributed by atoms with Crippen LogP contribution in [0.2, 0.25) is 0 Å². The van der Waals surface area contributed by atoms with Crippen LogP contribution in [-0.4, -0.2) is 223 Å². The first-order valence-corrected chi connectivity index (χ1v) is 17.4. The van der Waals surface area contributed by atoms with E-state index in [9.17, 15) is 50.4 Å². The van der Waals surface area contributed by atoms with Crippen molar-refractivity contribution in [3.8, 4) is 0 Å². The lowest BCUT2D eigenvalue weighted by Gasteiger charge is -2.45. The minimum absolute atomic E-state index is 0.0445. The molecule has 3 aliphatic rings. The van der Waals surface area contributed by atoms with Crippen molar-refractivity contribution in [3.63, 3.8) is 0 Å². The molecular formula is C33H58NO19+. The number of ether oxygens (including phenoxy) is 9. The lowest BCUT2D eigenvalue weighted by atomic mass is 9.97. The van der Waals surface area contributed by atoms with Crippen molar-refractivity contribution in [2.45, 2.75) is 119 Å². The Bertz CT molecular complexity index is 1180. The van der Waals surface area contributed by atoms with E-state index in [2.05, 4.69) is 6.58 Å². The van der Waals surface area contributed by atoms with E-state index in [0.29, 0.717) is 0 Å². The summed E-state index contributed by atoms with van der Waals surface area (Å²) in [5, 5.41) is 85.5. The maximum atomic E-state index is 12.5. The third-order valence-corrected chi connectivity index (χ3v) is 8.90. The average Bonchev–Trinajstić information content (AvgIpc) is 3.07. The summed E-state index contributed by atoms with van der Waals surface area (Å²) in [4.78, 5) is 24.1. The number of likely N-dealkylation sites (N-methyl/N-ethyl adjacent to an activating group) is 1. The zero-order chi connectivity index (χ0) is 39.8. The third kappa shape index (κ3) is 12.3. The number of hydrogen-bond acceptors (Lipinski definition) is 19. The van der Waals surface area contributed by atoms with Gasteiger partial charge in [0, 0.05) is 26.2 Å². The molecule has 16 atom stereocenters. The van der Waals surface area contributed by atoms with Gasteiger partial charge in [-0.1, -0.05) is 6.58 Å². The summed E-state index contributed by atoms with van der Waals surface area (Å²) in [6.07, 6.45) is -23.9. The van der Waals surface area contributed by atoms with Gasteiger partial charge in [-0.2, -0.15) is 0 Å². The number of aliphatic hydroxyl groups excluding tert-OH is 8. The van der Waals surface area contributed by atoms with Crippen LogP contribution < -0.4 is 0 Å². The average molecular weight is 773 g/mol. The van der Waals surface area contributed by atoms with E-state index in [0.717, 1.165) is 0 Å². The number of hydrogen-bond donors (Lipinski definition) is 8. The number of aliphatic hydroxyl groups is 8. The fourth-order valence-corrected chi connectivity index (χ4v) is 6.29. The van der Waals surface area contributed by atoms with Gasteiger partial charge in [0.1, 0.15) is 86.3 Å². The van der Waals surface area contributed by atoms with Crippen molar-refractivity contribution in [2.75, 3.05) is 67.3 Å². The Morgan fingerprint density at radius 2 is 1.19 bits per heavy atom. The lowest BCUT2D eigenvalue weighted by molar-refractivity contribution is -0.885. The van der Waals surface area contributed by atoms with Crippen molar-refractivity contribution < 1.29 is 97.6 Å². The molecule has 3 heterocycles. The van der Waals surface area contributed by atoms with Crippen LogP contribution in [-0.2, 0) is 52.2 Å². The summed E-state index contributed by atoms with van der Waals surface area (Å²) in [6.45, 7) is 6.82. The van der Waals surface area contributed by atoms with Gasteiger partial charge >= 0.3 is 5.97 Å². The summed E-state index contributed by atoms with van der Waals surface area (Å²) in [5.41, 5.74) is -0.0445. The quantitative estimate of drug-likeness (QED) is 0.0348. The Labute approximate surface area is 307 Å². The second-order valence-electron chi connectivity index (χ2n) is 14.2. The van der Waals surface area contributed by atoms with Crippen LogP contribution in [0.3, 0.4) is 0 Å². The molecule has 8 N–H and O–H groups in total. The molecule has 0 aromatic carbocycles. The predicted molar refractivity (Wildman–Crippen MR) is 176 cm³/mol. The highest BCUT2D eigenvalue weighted by Gasteiger charge is 2.51. The molecule has 20 heteroatoms. The van der Waals surface area contributed by atoms with Gasteiger partial charge in [0.05, 0.1) is 40.5 Å². The molecule has 0 radical (unpaired) electrons. The van der Waals surface area contributed by atoms with Crippen LogP contribution in [0.4, 0.5) is 0 Å². The molecule has 0 spiro atoms. The number of methoxy groups -OCH3 is 1. The monoisotopic (exact) mass is 772 g/mol. The topological polar surface area (TPSA) is 279 Å². The highest BCUT2D eigenvalue weighted by Crippen LogP contribution is 2.30. The molecule has 20 nitrogen and oxygen atoms in total. The first kappa shape index (κ1) is 45.6. The highest BCUT2D eigenvalue weighted by molar-refractivity contribution is 5.87. The Morgan fingerprint density at radius 1 is 0.698 bits per heavy atom. The molecule has 0 aromatic rings. The van der Waals surface area contributed by atoms with Gasteiger partial charge in [0.2, 0.25) is 0 Å². The summed E-state index contributed by atoms with van der Waals surface area (Å²) >= 11 is 0. The van der Waals surface area contributed by atoms with Crippen LogP contribution in [0.1, 0.15) is 20.8 Å². The number of carbonyl (C=O) groups is 2. The fourth-order valence-electron chi connectivity index (χ4n) is 6.29. The van der Waals surface area contributed by atoms with Crippen molar-refractivity contribution in [1.82, 2.24) is 0 Å². The predicted octanol–water partition coefficient (Wildman–Crippen LogP) is -4.70. The maximum Gasteiger partial charge on any atom is 0.333 e. The third-order valence-electron chi connectivity index (χ3n) is 8.90. The highest BCUT2D eigenvalue weighted by atomic mass is 16.8. The van der Waals surface area contributed by atoms with E-state index in [1.54, 1.807) is 21.0 Å². The first-order chi connectivity index (χ1) is 24.8. The molecule has 3 rings (SSSR count). The van der Waals surface area contributed by atoms with Gasteiger partial charge in [0.25, 0.3) is 0 Å². The largest absolute Gasteiger partial charge is 0.451 e. The van der Waals surface area contributed by atoms with Crippen LogP contribution in [0.15, 0.2) is 12.2 Å². The SMILES string of the molecule is C=C(C)C(=O)OC1[C@@H](OCC2O[C@H](OCC)C(OCC(O)C[N+](C)(C)CC(C)=O)[C@H](O)[C@@H]2O)OC(CO[C@H]2OC(COC)[C@@H](O)[C@@H](O)C2O)[C@@H](O)[C@H]1O. The van der Waals surface area contributed by atoms with Crippen LogP contribution in [0.25, 0.3) is 0 Å². The van der Waals surface area contributed by atoms with Crippen molar-refractivity contribution >= 4 is 11.8 Å². The zero-order valence-electron chi connectivity index (χ0n) is 30.9. The van der Waals surface area contributed by atoms with Crippen molar-refractivity contribution in [1.29, 1.82) is 0 Å². The number of carbonyl (C=O) groups excluding carboxylic acids is 2. The van der Waals surface area contributed by atoms with Gasteiger partial charge in [-0.3, -0.25) is 4.79 Å². The molecule has 3 fully saturated rings. The summed E-state index contributed by atoms with van der Waals surface area (Å²) in [5.74, 6) is -1.01. The maximum absolute atomic E-state index is 12.5. The lowest BCUT2D eigenvalue weighted by Crippen LogP contribution is -2.63. The van der Waals surface area contributed by atoms with Gasteiger partial charge in [-0.15, -0.1) is 0 Å². The van der Waals surface area contributed by atoms with Crippen molar-refractivity contribution in [2.24, 2.45) is 0 Å². The van der Waals surface area contributed by atoms with Gasteiger partial charge in [-0.05, 0) is 13.8 Å². The second kappa shape index (κ2) is 20.4. The number of quaternary nitrogens is 1. The number of esters is 1. The molecule has 0 saturated carbocycles. The van der Waals surface area contributed by atoms with E-state index < -0.39 is 117 Å². The van der Waals surface area contributed by atoms with E-state index in [1.165, 1.54) is 21.0 Å². The van der Waals surface area contributed by atoms with E-state index >= 15 is 0 Å². The minimum Gasteiger partial charge on any atom is -0.451 e. The van der Waals surface area contributed by atoms with Crippen LogP contribution in [0, 0.1) is 0 Å². The Kier molecular flexibility index (Phi) is 17.5. The molecule has 7 unspecified atom stereocenters. The van der Waals surface area contributed by atoms with Gasteiger partial charge < -0.3 is 88.0 Å². The fraction of sp³-hybridized carbons (Fsp3) is 0.879. The molecule has 53 heavy (non-hydrogen) atoms. The smallest absolute Gasteiger partial charge is 0.333 e. The Hall–Kier alpha value is -1.80. The summed E-state index contributed by atoms with van der Waals surface area (Å²) in [7, 11) is 4.87. The van der Waals surface area contributed by atoms with Gasteiger partial charge in [0.15, 0.2) is 30.8 Å².